The number of hydrogen-bond acceptors (Lipinski definition) is 10. The number of carbonyl (C=O) groups is 4. The fourth-order valence-corrected chi connectivity index (χ4v) is 4.57. The summed E-state index contributed by atoms with van der Waals surface area (Å²) in [4.78, 5) is 54.8. The molecule has 2 unspecified atom stereocenters. The minimum atomic E-state index is -1.31. The molecule has 40 heavy (non-hydrogen) atoms. The summed E-state index contributed by atoms with van der Waals surface area (Å²) in [6.45, 7) is 0.346. The highest BCUT2D eigenvalue weighted by atomic mass is 32.1. The molecule has 216 valence electrons. The van der Waals surface area contributed by atoms with Gasteiger partial charge < -0.3 is 24.8 Å². The topological polar surface area (TPSA) is 193 Å². The summed E-state index contributed by atoms with van der Waals surface area (Å²) in [6, 6.07) is 7.45. The van der Waals surface area contributed by atoms with Crippen molar-refractivity contribution in [2.24, 2.45) is 10.9 Å². The third kappa shape index (κ3) is 9.59. The molecular weight excluding hydrogens is 542 g/mol. The number of Topliss-reactive ketones (excluding diaryl/α,β-unsaturated/α-hetero) is 1. The van der Waals surface area contributed by atoms with Gasteiger partial charge in [0.2, 0.25) is 5.78 Å². The molecule has 1 amide bonds. The maximum absolute atomic E-state index is 12.8. The van der Waals surface area contributed by atoms with Crippen molar-refractivity contribution in [3.05, 3.63) is 52.5 Å². The number of rotatable bonds is 13. The third-order valence-corrected chi connectivity index (χ3v) is 6.70. The zero-order chi connectivity index (χ0) is 28.9. The molecule has 3 rings (SSSR count). The van der Waals surface area contributed by atoms with Crippen molar-refractivity contribution in [2.75, 3.05) is 26.7 Å². The Kier molecular flexibility index (Phi) is 11.8. The van der Waals surface area contributed by atoms with Gasteiger partial charge in [-0.2, -0.15) is 0 Å². The van der Waals surface area contributed by atoms with Crippen molar-refractivity contribution in [3.63, 3.8) is 0 Å². The first-order valence-electron chi connectivity index (χ1n) is 12.7. The van der Waals surface area contributed by atoms with E-state index >= 15 is 0 Å². The van der Waals surface area contributed by atoms with Gasteiger partial charge in [-0.05, 0) is 23.5 Å². The number of ether oxygens (including phenoxy) is 2. The van der Waals surface area contributed by atoms with Gasteiger partial charge in [-0.3, -0.25) is 14.6 Å². The van der Waals surface area contributed by atoms with Crippen LogP contribution in [0, 0.1) is 0 Å². The molecule has 1 aliphatic heterocycles. The number of carboxylic acid groups (broad SMARTS) is 1. The number of thiazole rings is 1. The van der Waals surface area contributed by atoms with Gasteiger partial charge in [-0.1, -0.05) is 30.3 Å². The summed E-state index contributed by atoms with van der Waals surface area (Å²) in [7, 11) is 1.55. The number of hydrogen-bond donors (Lipinski definition) is 4. The Bertz CT molecular complexity index is 1160. The van der Waals surface area contributed by atoms with Crippen LogP contribution in [0.5, 0.6) is 0 Å². The number of aliphatic carboxylic acids is 1. The molecule has 1 aromatic carbocycles. The Hall–Kier alpha value is -4.08. The van der Waals surface area contributed by atoms with Gasteiger partial charge in [0.1, 0.15) is 23.7 Å². The quantitative estimate of drug-likeness (QED) is 0.0802. The monoisotopic (exact) mass is 576 g/mol. The van der Waals surface area contributed by atoms with E-state index in [9.17, 15) is 24.3 Å². The lowest BCUT2D eigenvalue weighted by molar-refractivity contribution is -0.651. The molecule has 0 aliphatic carbocycles. The molecule has 0 bridgehead atoms. The second kappa shape index (κ2) is 15.5. The van der Waals surface area contributed by atoms with Crippen molar-refractivity contribution >= 4 is 41.1 Å². The fourth-order valence-electron chi connectivity index (χ4n) is 4.04. The lowest BCUT2D eigenvalue weighted by Crippen LogP contribution is -2.82. The van der Waals surface area contributed by atoms with Crippen molar-refractivity contribution < 1.29 is 39.2 Å². The van der Waals surface area contributed by atoms with Crippen LogP contribution >= 0.6 is 11.3 Å². The molecule has 15 heteroatoms. The second-order valence-electron chi connectivity index (χ2n) is 8.94. The number of carbonyl (C=O) groups excluding carboxylic acids is 3. The van der Waals surface area contributed by atoms with Crippen molar-refractivity contribution in [3.8, 4) is 0 Å². The number of ketones is 1. The van der Waals surface area contributed by atoms with Crippen molar-refractivity contribution in [1.82, 2.24) is 20.2 Å². The Morgan fingerprint density at radius 1 is 1.30 bits per heavy atom. The smallest absolute Gasteiger partial charge is 0.407 e. The van der Waals surface area contributed by atoms with Gasteiger partial charge in [0, 0.05) is 31.6 Å². The number of benzene rings is 1. The van der Waals surface area contributed by atoms with Crippen LogP contribution in [-0.4, -0.2) is 88.6 Å². The molecule has 0 spiro atoms. The molecule has 2 atom stereocenters. The molecule has 1 aliphatic rings. The highest BCUT2D eigenvalue weighted by Gasteiger charge is 2.36. The van der Waals surface area contributed by atoms with Gasteiger partial charge in [0.15, 0.2) is 6.54 Å². The first-order valence-corrected chi connectivity index (χ1v) is 13.5. The van der Waals surface area contributed by atoms with Gasteiger partial charge in [-0.15, -0.1) is 11.3 Å². The normalized spacial score (nSPS) is 15.8. The minimum absolute atomic E-state index is 0.0652. The Morgan fingerprint density at radius 3 is 2.75 bits per heavy atom. The van der Waals surface area contributed by atoms with Crippen LogP contribution in [0.15, 0.2) is 47.0 Å². The minimum Gasteiger partial charge on any atom is -0.481 e. The van der Waals surface area contributed by atoms with E-state index in [1.54, 1.807) is 23.5 Å². The number of nitrogens with zero attached hydrogens (tertiary/aromatic N) is 4. The van der Waals surface area contributed by atoms with Crippen LogP contribution in [0.2, 0.25) is 0 Å². The van der Waals surface area contributed by atoms with Crippen LogP contribution in [0.4, 0.5) is 4.79 Å². The zero-order valence-corrected chi connectivity index (χ0v) is 22.9. The fraction of sp³-hybridized carbons (Fsp3) is 0.440. The molecular formula is C25H34N7O7S+. The number of quaternary nitrogens is 1. The zero-order valence-electron chi connectivity index (χ0n) is 22.1. The van der Waals surface area contributed by atoms with Gasteiger partial charge in [0.05, 0.1) is 13.0 Å². The first kappa shape index (κ1) is 30.5. The molecule has 0 saturated carbocycles. The van der Waals surface area contributed by atoms with E-state index in [1.165, 1.54) is 21.8 Å². The largest absolute Gasteiger partial charge is 0.481 e. The van der Waals surface area contributed by atoms with Crippen LogP contribution < -0.4 is 16.6 Å². The molecule has 0 radical (unpaired) electrons. The van der Waals surface area contributed by atoms with E-state index in [2.05, 4.69) is 15.4 Å². The first-order chi connectivity index (χ1) is 19.2. The van der Waals surface area contributed by atoms with Crippen LogP contribution in [0.3, 0.4) is 0 Å². The van der Waals surface area contributed by atoms with E-state index < -0.39 is 42.3 Å². The van der Waals surface area contributed by atoms with Crippen LogP contribution in [0.25, 0.3) is 0 Å². The lowest BCUT2D eigenvalue weighted by atomic mass is 10.1. The molecule has 14 nitrogen and oxygen atoms in total. The highest BCUT2D eigenvalue weighted by Crippen LogP contribution is 2.20. The standard InChI is InChI=1S/C25H33N7O7S/c1-31(26)24(32-11-5-8-19(32)23(36)39-16-21-27-10-13-40-21)30-28-15-20(33)18(14-22(34)35)29-25(37)38-12-9-17-6-3-2-4-7-17/h2-4,6-7,10,13,18-19,28H,5,8-9,11-12,14-16,26H2,1H3,(H,29,37)(H,34,35)/p+1. The van der Waals surface area contributed by atoms with Gasteiger partial charge >= 0.3 is 18.0 Å². The lowest BCUT2D eigenvalue weighted by Gasteiger charge is -2.28. The summed E-state index contributed by atoms with van der Waals surface area (Å²) in [6.07, 6.45) is 1.84. The number of carboxylic acids is 1. The average molecular weight is 577 g/mol. The Balaban J connectivity index is 1.54. The number of hydrazine groups is 1. The average Bonchev–Trinajstić information content (AvgIpc) is 3.62. The molecule has 1 saturated heterocycles. The molecule has 1 aromatic heterocycles. The summed E-state index contributed by atoms with van der Waals surface area (Å²) in [5, 5.41) is 19.6. The van der Waals surface area contributed by atoms with E-state index in [0.29, 0.717) is 30.8 Å². The van der Waals surface area contributed by atoms with Gasteiger partial charge in [0.25, 0.3) is 5.96 Å². The summed E-state index contributed by atoms with van der Waals surface area (Å²) in [5.41, 5.74) is 2.24. The van der Waals surface area contributed by atoms with Crippen molar-refractivity contribution in [1.29, 1.82) is 0 Å². The summed E-state index contributed by atoms with van der Waals surface area (Å²) >= 11 is 1.38. The van der Waals surface area contributed by atoms with E-state index in [0.717, 1.165) is 5.56 Å². The molecule has 2 aromatic rings. The number of nitrogens with two attached hydrogens (primary N) is 2. The second-order valence-corrected chi connectivity index (χ2v) is 9.92. The van der Waals surface area contributed by atoms with Crippen molar-refractivity contribution in [2.45, 2.75) is 44.4 Å². The molecule has 6 N–H and O–H groups in total. The van der Waals surface area contributed by atoms with E-state index in [-0.39, 0.29) is 25.7 Å². The predicted octanol–water partition coefficient (Wildman–Crippen LogP) is -0.328. The Labute approximate surface area is 235 Å². The number of guanidine groups is 1. The third-order valence-electron chi connectivity index (χ3n) is 5.94. The van der Waals surface area contributed by atoms with Gasteiger partial charge in [-0.25, -0.2) is 25.8 Å². The summed E-state index contributed by atoms with van der Waals surface area (Å²) < 4.78 is 10.5. The Morgan fingerprint density at radius 2 is 2.08 bits per heavy atom. The number of likely N-dealkylation sites (tertiary alicyclic amines) is 1. The van der Waals surface area contributed by atoms with Crippen LogP contribution in [0.1, 0.15) is 29.8 Å². The summed E-state index contributed by atoms with van der Waals surface area (Å²) in [5.74, 6) is 3.94. The molecule has 2 heterocycles. The SMILES string of the molecule is CN(N)C(=N[NH2+]CC(=O)C(CC(=O)O)NC(=O)OCCc1ccccc1)N1CCCC1C(=O)OCc1nccs1. The highest BCUT2D eigenvalue weighted by molar-refractivity contribution is 7.09. The maximum atomic E-state index is 12.8. The number of amides is 1. The number of alkyl carbamates (subject to hydrolysis) is 1. The number of nitrogens with one attached hydrogen (secondary N) is 1. The predicted molar refractivity (Wildman–Crippen MR) is 143 cm³/mol. The number of aromatic nitrogens is 1. The number of esters is 1. The van der Waals surface area contributed by atoms with E-state index in [4.69, 9.17) is 15.3 Å². The maximum Gasteiger partial charge on any atom is 0.407 e. The van der Waals surface area contributed by atoms with Crippen LogP contribution in [-0.2, 0) is 36.9 Å². The van der Waals surface area contributed by atoms with E-state index in [1.807, 2.05) is 30.3 Å². The molecule has 1 fully saturated rings.